The van der Waals surface area contributed by atoms with E-state index in [4.69, 9.17) is 9.47 Å². The van der Waals surface area contributed by atoms with Crippen molar-refractivity contribution in [2.24, 2.45) is 0 Å². The molecule has 1 amide bonds. The third kappa shape index (κ3) is 5.01. The molecule has 6 heteroatoms. The van der Waals surface area contributed by atoms with Gasteiger partial charge in [0.15, 0.2) is 6.61 Å². The Balaban J connectivity index is 1.84. The summed E-state index contributed by atoms with van der Waals surface area (Å²) in [6, 6.07) is 9.27. The molecule has 0 bridgehead atoms. The van der Waals surface area contributed by atoms with Crippen LogP contribution in [-0.2, 0) is 4.79 Å². The molecule has 0 aliphatic carbocycles. The summed E-state index contributed by atoms with van der Waals surface area (Å²) in [5.41, 5.74) is 0. The molecule has 0 spiro atoms. The maximum Gasteiger partial charge on any atom is 0.263 e. The number of benzene rings is 1. The highest BCUT2D eigenvalue weighted by Gasteiger charge is 2.11. The molecule has 24 heavy (non-hydrogen) atoms. The number of hydrogen-bond acceptors (Lipinski definition) is 4. The lowest BCUT2D eigenvalue weighted by Crippen LogP contribution is -2.22. The number of amides is 1. The Bertz CT molecular complexity index is 637. The van der Waals surface area contributed by atoms with Crippen molar-refractivity contribution in [1.29, 1.82) is 0 Å². The molecule has 2 aromatic rings. The average Bonchev–Trinajstić information content (AvgIpc) is 3.06. The van der Waals surface area contributed by atoms with Crippen LogP contribution in [0, 0.1) is 0 Å². The fourth-order valence-electron chi connectivity index (χ4n) is 2.12. The lowest BCUT2D eigenvalue weighted by Gasteiger charge is -2.14. The molecule has 130 valence electrons. The van der Waals surface area contributed by atoms with Crippen molar-refractivity contribution >= 4 is 11.7 Å². The number of carbonyl (C=O) groups excluding carboxylic acids is 1. The third-order valence-corrected chi connectivity index (χ3v) is 3.61. The number of rotatable bonds is 9. The summed E-state index contributed by atoms with van der Waals surface area (Å²) in [5.74, 6) is 1.89. The van der Waals surface area contributed by atoms with Crippen molar-refractivity contribution in [2.45, 2.75) is 39.7 Å². The van der Waals surface area contributed by atoms with E-state index >= 15 is 0 Å². The van der Waals surface area contributed by atoms with E-state index in [0.29, 0.717) is 18.2 Å². The normalized spacial score (nSPS) is 11.8. The molecule has 6 nitrogen and oxygen atoms in total. The molecule has 0 radical (unpaired) electrons. The Kier molecular flexibility index (Phi) is 6.66. The van der Waals surface area contributed by atoms with E-state index in [-0.39, 0.29) is 18.6 Å². The second-order valence-electron chi connectivity index (χ2n) is 5.58. The van der Waals surface area contributed by atoms with E-state index in [9.17, 15) is 4.79 Å². The molecule has 1 unspecified atom stereocenters. The minimum absolute atomic E-state index is 0.0547. The zero-order valence-corrected chi connectivity index (χ0v) is 14.5. The van der Waals surface area contributed by atoms with Gasteiger partial charge in [-0.3, -0.25) is 4.79 Å². The SMILES string of the molecule is CCCOc1ccc(OCC(=O)Nc2ccnn2C(C)CC)cc1. The number of anilines is 1. The van der Waals surface area contributed by atoms with Gasteiger partial charge in [-0.05, 0) is 44.0 Å². The minimum atomic E-state index is -0.216. The molecule has 1 aromatic heterocycles. The lowest BCUT2D eigenvalue weighted by atomic mass is 10.3. The zero-order valence-electron chi connectivity index (χ0n) is 14.5. The molecule has 2 rings (SSSR count). The van der Waals surface area contributed by atoms with Crippen molar-refractivity contribution in [3.05, 3.63) is 36.5 Å². The summed E-state index contributed by atoms with van der Waals surface area (Å²) < 4.78 is 12.8. The number of ether oxygens (including phenoxy) is 2. The van der Waals surface area contributed by atoms with Crippen LogP contribution in [0.2, 0.25) is 0 Å². The lowest BCUT2D eigenvalue weighted by molar-refractivity contribution is -0.118. The van der Waals surface area contributed by atoms with E-state index in [1.807, 2.05) is 12.1 Å². The van der Waals surface area contributed by atoms with Gasteiger partial charge in [-0.2, -0.15) is 5.10 Å². The predicted molar refractivity (Wildman–Crippen MR) is 93.6 cm³/mol. The van der Waals surface area contributed by atoms with Crippen LogP contribution in [0.5, 0.6) is 11.5 Å². The molecule has 0 saturated heterocycles. The summed E-state index contributed by atoms with van der Waals surface area (Å²) in [4.78, 5) is 12.1. The van der Waals surface area contributed by atoms with E-state index in [0.717, 1.165) is 18.6 Å². The van der Waals surface area contributed by atoms with Gasteiger partial charge in [-0.15, -0.1) is 0 Å². The van der Waals surface area contributed by atoms with Gasteiger partial charge in [0.2, 0.25) is 0 Å². The number of hydrogen-bond donors (Lipinski definition) is 1. The van der Waals surface area contributed by atoms with Gasteiger partial charge in [0.25, 0.3) is 5.91 Å². The predicted octanol–water partition coefficient (Wildman–Crippen LogP) is 3.66. The van der Waals surface area contributed by atoms with Crippen molar-refractivity contribution < 1.29 is 14.3 Å². The van der Waals surface area contributed by atoms with Crippen molar-refractivity contribution in [1.82, 2.24) is 9.78 Å². The minimum Gasteiger partial charge on any atom is -0.494 e. The molecule has 0 fully saturated rings. The van der Waals surface area contributed by atoms with Crippen LogP contribution >= 0.6 is 0 Å². The second kappa shape index (κ2) is 8.96. The molecule has 1 aromatic carbocycles. The van der Waals surface area contributed by atoms with Gasteiger partial charge < -0.3 is 14.8 Å². The van der Waals surface area contributed by atoms with E-state index in [2.05, 4.69) is 31.2 Å². The Hall–Kier alpha value is -2.50. The number of carbonyl (C=O) groups is 1. The van der Waals surface area contributed by atoms with Crippen molar-refractivity contribution in [2.75, 3.05) is 18.5 Å². The first-order valence-electron chi connectivity index (χ1n) is 8.33. The zero-order chi connectivity index (χ0) is 17.4. The summed E-state index contributed by atoms with van der Waals surface area (Å²) in [6.07, 6.45) is 3.58. The van der Waals surface area contributed by atoms with E-state index in [1.54, 1.807) is 29.1 Å². The Labute approximate surface area is 142 Å². The number of aromatic nitrogens is 2. The molecular formula is C18H25N3O3. The standard InChI is InChI=1S/C18H25N3O3/c1-4-12-23-15-6-8-16(9-7-15)24-13-18(22)20-17-10-11-19-21(17)14(3)5-2/h6-11,14H,4-5,12-13H2,1-3H3,(H,20,22). The van der Waals surface area contributed by atoms with Gasteiger partial charge in [0.05, 0.1) is 18.8 Å². The number of nitrogens with zero attached hydrogens (tertiary/aromatic N) is 2. The Morgan fingerprint density at radius 1 is 1.17 bits per heavy atom. The number of nitrogens with one attached hydrogen (secondary N) is 1. The van der Waals surface area contributed by atoms with Crippen LogP contribution in [0.3, 0.4) is 0 Å². The van der Waals surface area contributed by atoms with Crippen LogP contribution in [0.1, 0.15) is 39.7 Å². The van der Waals surface area contributed by atoms with Crippen molar-refractivity contribution in [3.8, 4) is 11.5 Å². The molecule has 1 heterocycles. The first kappa shape index (κ1) is 17.8. The van der Waals surface area contributed by atoms with Crippen LogP contribution in [0.4, 0.5) is 5.82 Å². The maximum atomic E-state index is 12.1. The first-order valence-corrected chi connectivity index (χ1v) is 8.33. The first-order chi connectivity index (χ1) is 11.6. The molecule has 1 atom stereocenters. The quantitative estimate of drug-likeness (QED) is 0.761. The van der Waals surface area contributed by atoms with Crippen LogP contribution in [-0.4, -0.2) is 28.9 Å². The fraction of sp³-hybridized carbons (Fsp3) is 0.444. The maximum absolute atomic E-state index is 12.1. The highest BCUT2D eigenvalue weighted by molar-refractivity contribution is 5.91. The summed E-state index contributed by atoms with van der Waals surface area (Å²) in [5, 5.41) is 7.07. The van der Waals surface area contributed by atoms with Crippen LogP contribution < -0.4 is 14.8 Å². The molecule has 1 N–H and O–H groups in total. The molecule has 0 saturated carbocycles. The van der Waals surface area contributed by atoms with Crippen LogP contribution in [0.25, 0.3) is 0 Å². The topological polar surface area (TPSA) is 65.4 Å². The largest absolute Gasteiger partial charge is 0.494 e. The summed E-state index contributed by atoms with van der Waals surface area (Å²) in [7, 11) is 0. The van der Waals surface area contributed by atoms with E-state index in [1.165, 1.54) is 0 Å². The Morgan fingerprint density at radius 3 is 2.46 bits per heavy atom. The van der Waals surface area contributed by atoms with Gasteiger partial charge in [-0.25, -0.2) is 4.68 Å². The second-order valence-corrected chi connectivity index (χ2v) is 5.58. The van der Waals surface area contributed by atoms with Gasteiger partial charge in [-0.1, -0.05) is 13.8 Å². The molecule has 0 aliphatic heterocycles. The fourth-order valence-corrected chi connectivity index (χ4v) is 2.12. The third-order valence-electron chi connectivity index (χ3n) is 3.61. The van der Waals surface area contributed by atoms with Gasteiger partial charge in [0, 0.05) is 6.07 Å². The highest BCUT2D eigenvalue weighted by Crippen LogP contribution is 2.18. The summed E-state index contributed by atoms with van der Waals surface area (Å²) in [6.45, 7) is 6.83. The van der Waals surface area contributed by atoms with Gasteiger partial charge >= 0.3 is 0 Å². The van der Waals surface area contributed by atoms with Crippen LogP contribution in [0.15, 0.2) is 36.5 Å². The summed E-state index contributed by atoms with van der Waals surface area (Å²) >= 11 is 0. The highest BCUT2D eigenvalue weighted by atomic mass is 16.5. The van der Waals surface area contributed by atoms with Crippen molar-refractivity contribution in [3.63, 3.8) is 0 Å². The molecule has 0 aliphatic rings. The van der Waals surface area contributed by atoms with Gasteiger partial charge in [0.1, 0.15) is 17.3 Å². The monoisotopic (exact) mass is 331 g/mol. The average molecular weight is 331 g/mol. The smallest absolute Gasteiger partial charge is 0.263 e. The van der Waals surface area contributed by atoms with E-state index < -0.39 is 0 Å². The molecular weight excluding hydrogens is 306 g/mol. The Morgan fingerprint density at radius 2 is 1.83 bits per heavy atom.